The van der Waals surface area contributed by atoms with Crippen molar-refractivity contribution in [2.45, 2.75) is 6.42 Å². The summed E-state index contributed by atoms with van der Waals surface area (Å²) in [6.07, 6.45) is 0.655. The molecular formula is C15H12FN3O2. The van der Waals surface area contributed by atoms with Crippen molar-refractivity contribution in [1.29, 1.82) is 5.26 Å². The SMILES string of the molecule is N#Cc1cc([N+](=O)[O-])ccc1NCCc1ccc(F)cc1. The fraction of sp³-hybridized carbons (Fsp3) is 0.133. The first-order chi connectivity index (χ1) is 10.1. The van der Waals surface area contributed by atoms with Crippen molar-refractivity contribution < 1.29 is 9.31 Å². The van der Waals surface area contributed by atoms with E-state index in [2.05, 4.69) is 5.32 Å². The largest absolute Gasteiger partial charge is 0.384 e. The lowest BCUT2D eigenvalue weighted by atomic mass is 10.1. The van der Waals surface area contributed by atoms with E-state index in [9.17, 15) is 14.5 Å². The lowest BCUT2D eigenvalue weighted by Crippen LogP contribution is -2.06. The number of nitrogens with zero attached hydrogens (tertiary/aromatic N) is 2. The topological polar surface area (TPSA) is 79.0 Å². The maximum absolute atomic E-state index is 12.8. The predicted molar refractivity (Wildman–Crippen MR) is 76.4 cm³/mol. The van der Waals surface area contributed by atoms with Crippen molar-refractivity contribution in [2.24, 2.45) is 0 Å². The smallest absolute Gasteiger partial charge is 0.270 e. The first kappa shape index (κ1) is 14.5. The average molecular weight is 285 g/mol. The van der Waals surface area contributed by atoms with Crippen LogP contribution in [0, 0.1) is 27.3 Å². The van der Waals surface area contributed by atoms with Crippen LogP contribution in [0.15, 0.2) is 42.5 Å². The summed E-state index contributed by atoms with van der Waals surface area (Å²) in [6.45, 7) is 0.540. The van der Waals surface area contributed by atoms with E-state index in [1.54, 1.807) is 12.1 Å². The summed E-state index contributed by atoms with van der Waals surface area (Å²) < 4.78 is 12.8. The van der Waals surface area contributed by atoms with E-state index < -0.39 is 4.92 Å². The summed E-state index contributed by atoms with van der Waals surface area (Å²) in [4.78, 5) is 10.1. The van der Waals surface area contributed by atoms with Gasteiger partial charge in [0.15, 0.2) is 0 Å². The van der Waals surface area contributed by atoms with Gasteiger partial charge in [0, 0.05) is 18.7 Å². The predicted octanol–water partition coefficient (Wildman–Crippen LogP) is 3.26. The van der Waals surface area contributed by atoms with Crippen LogP contribution < -0.4 is 5.32 Å². The quantitative estimate of drug-likeness (QED) is 0.675. The molecular weight excluding hydrogens is 273 g/mol. The number of non-ortho nitro benzene ring substituents is 1. The highest BCUT2D eigenvalue weighted by atomic mass is 19.1. The zero-order chi connectivity index (χ0) is 15.2. The zero-order valence-corrected chi connectivity index (χ0v) is 11.0. The molecule has 0 radical (unpaired) electrons. The van der Waals surface area contributed by atoms with E-state index in [-0.39, 0.29) is 17.1 Å². The van der Waals surface area contributed by atoms with Gasteiger partial charge in [-0.3, -0.25) is 10.1 Å². The molecule has 0 heterocycles. The Morgan fingerprint density at radius 1 is 1.24 bits per heavy atom. The molecule has 0 unspecified atom stereocenters. The minimum absolute atomic E-state index is 0.115. The Morgan fingerprint density at radius 3 is 2.57 bits per heavy atom. The van der Waals surface area contributed by atoms with Gasteiger partial charge in [-0.05, 0) is 30.2 Å². The molecule has 0 aliphatic rings. The van der Waals surface area contributed by atoms with Crippen LogP contribution in [0.2, 0.25) is 0 Å². The Balaban J connectivity index is 2.01. The van der Waals surface area contributed by atoms with Crippen LogP contribution in [0.25, 0.3) is 0 Å². The molecule has 6 heteroatoms. The highest BCUT2D eigenvalue weighted by Crippen LogP contribution is 2.21. The van der Waals surface area contributed by atoms with Crippen LogP contribution in [0.5, 0.6) is 0 Å². The number of anilines is 1. The van der Waals surface area contributed by atoms with Gasteiger partial charge in [-0.25, -0.2) is 4.39 Å². The third-order valence-electron chi connectivity index (χ3n) is 2.98. The van der Waals surface area contributed by atoms with Crippen molar-refractivity contribution in [2.75, 3.05) is 11.9 Å². The Labute approximate surface area is 120 Å². The van der Waals surface area contributed by atoms with Crippen LogP contribution in [0.4, 0.5) is 15.8 Å². The fourth-order valence-corrected chi connectivity index (χ4v) is 1.89. The van der Waals surface area contributed by atoms with E-state index in [4.69, 9.17) is 5.26 Å². The van der Waals surface area contributed by atoms with Gasteiger partial charge in [0.05, 0.1) is 16.2 Å². The lowest BCUT2D eigenvalue weighted by Gasteiger charge is -2.08. The summed E-state index contributed by atoms with van der Waals surface area (Å²) in [5.41, 5.74) is 1.62. The van der Waals surface area contributed by atoms with Crippen LogP contribution >= 0.6 is 0 Å². The van der Waals surface area contributed by atoms with E-state index in [0.717, 1.165) is 5.56 Å². The van der Waals surface area contributed by atoms with Gasteiger partial charge in [-0.15, -0.1) is 0 Å². The maximum atomic E-state index is 12.8. The van der Waals surface area contributed by atoms with Crippen molar-refractivity contribution in [3.05, 3.63) is 69.5 Å². The molecule has 2 aromatic rings. The van der Waals surface area contributed by atoms with Crippen molar-refractivity contribution in [3.63, 3.8) is 0 Å². The highest BCUT2D eigenvalue weighted by Gasteiger charge is 2.10. The molecule has 1 N–H and O–H groups in total. The Kier molecular flexibility index (Phi) is 4.46. The van der Waals surface area contributed by atoms with Gasteiger partial charge in [-0.1, -0.05) is 12.1 Å². The van der Waals surface area contributed by atoms with E-state index >= 15 is 0 Å². The van der Waals surface area contributed by atoms with Crippen LogP contribution in [-0.2, 0) is 6.42 Å². The average Bonchev–Trinajstić information content (AvgIpc) is 2.49. The molecule has 0 fully saturated rings. The minimum Gasteiger partial charge on any atom is -0.384 e. The number of nitro benzene ring substituents is 1. The second-order valence-corrected chi connectivity index (χ2v) is 4.40. The number of nitro groups is 1. The lowest BCUT2D eigenvalue weighted by molar-refractivity contribution is -0.384. The highest BCUT2D eigenvalue weighted by molar-refractivity contribution is 5.61. The maximum Gasteiger partial charge on any atom is 0.270 e. The minimum atomic E-state index is -0.539. The third kappa shape index (κ3) is 3.76. The number of hydrogen-bond donors (Lipinski definition) is 1. The molecule has 106 valence electrons. The molecule has 0 spiro atoms. The van der Waals surface area contributed by atoms with Crippen LogP contribution in [-0.4, -0.2) is 11.5 Å². The number of nitrogens with one attached hydrogen (secondary N) is 1. The van der Waals surface area contributed by atoms with Crippen molar-refractivity contribution in [3.8, 4) is 6.07 Å². The van der Waals surface area contributed by atoms with Gasteiger partial charge in [-0.2, -0.15) is 5.26 Å². The molecule has 0 aliphatic heterocycles. The van der Waals surface area contributed by atoms with Gasteiger partial charge in [0.2, 0.25) is 0 Å². The summed E-state index contributed by atoms with van der Waals surface area (Å²) >= 11 is 0. The van der Waals surface area contributed by atoms with Gasteiger partial charge < -0.3 is 5.32 Å². The molecule has 0 saturated carbocycles. The Bertz CT molecular complexity index is 693. The molecule has 2 aromatic carbocycles. The fourth-order valence-electron chi connectivity index (χ4n) is 1.89. The first-order valence-electron chi connectivity index (χ1n) is 6.27. The molecule has 0 bridgehead atoms. The number of nitriles is 1. The first-order valence-corrected chi connectivity index (χ1v) is 6.27. The molecule has 5 nitrogen and oxygen atoms in total. The van der Waals surface area contributed by atoms with Gasteiger partial charge in [0.1, 0.15) is 11.9 Å². The summed E-state index contributed by atoms with van der Waals surface area (Å²) in [5, 5.41) is 22.7. The molecule has 0 atom stereocenters. The zero-order valence-electron chi connectivity index (χ0n) is 11.0. The molecule has 2 rings (SSSR count). The molecule has 0 aromatic heterocycles. The summed E-state index contributed by atoms with van der Waals surface area (Å²) in [6, 6.07) is 12.2. The Morgan fingerprint density at radius 2 is 1.95 bits per heavy atom. The monoisotopic (exact) mass is 285 g/mol. The van der Waals surface area contributed by atoms with Crippen LogP contribution in [0.1, 0.15) is 11.1 Å². The summed E-state index contributed by atoms with van der Waals surface area (Å²) in [5.74, 6) is -0.283. The van der Waals surface area contributed by atoms with Crippen molar-refractivity contribution >= 4 is 11.4 Å². The van der Waals surface area contributed by atoms with Gasteiger partial charge in [0.25, 0.3) is 5.69 Å². The second kappa shape index (κ2) is 6.48. The number of hydrogen-bond acceptors (Lipinski definition) is 4. The number of rotatable bonds is 5. The normalized spacial score (nSPS) is 9.90. The third-order valence-corrected chi connectivity index (χ3v) is 2.98. The van der Waals surface area contributed by atoms with E-state index in [0.29, 0.717) is 18.7 Å². The Hall–Kier alpha value is -2.94. The van der Waals surface area contributed by atoms with Crippen molar-refractivity contribution in [1.82, 2.24) is 0 Å². The van der Waals surface area contributed by atoms with E-state index in [1.165, 1.54) is 30.3 Å². The molecule has 21 heavy (non-hydrogen) atoms. The molecule has 0 saturated heterocycles. The number of halogens is 1. The van der Waals surface area contributed by atoms with Crippen LogP contribution in [0.3, 0.4) is 0 Å². The standard InChI is InChI=1S/C15H12FN3O2/c16-13-3-1-11(2-4-13)7-8-18-15-6-5-14(19(20)21)9-12(15)10-17/h1-6,9,18H,7-8H2. The molecule has 0 amide bonds. The second-order valence-electron chi connectivity index (χ2n) is 4.40. The summed E-state index contributed by atoms with van der Waals surface area (Å²) in [7, 11) is 0. The molecule has 0 aliphatic carbocycles. The van der Waals surface area contributed by atoms with E-state index in [1.807, 2.05) is 6.07 Å². The van der Waals surface area contributed by atoms with Gasteiger partial charge >= 0.3 is 0 Å². The number of benzene rings is 2.